The van der Waals surface area contributed by atoms with Crippen LogP contribution in [0.25, 0.3) is 0 Å². The topological polar surface area (TPSA) is 39.1 Å². The van der Waals surface area contributed by atoms with Crippen molar-refractivity contribution in [2.75, 3.05) is 13.1 Å². The lowest BCUT2D eigenvalue weighted by Gasteiger charge is -2.23. The Kier molecular flexibility index (Phi) is 3.89. The molecule has 4 heteroatoms. The van der Waals surface area contributed by atoms with E-state index in [1.54, 1.807) is 0 Å². The molecule has 1 atom stereocenters. The number of aryl methyl sites for hydroxylation is 1. The third-order valence-corrected chi connectivity index (χ3v) is 4.55. The van der Waals surface area contributed by atoms with Crippen molar-refractivity contribution in [3.05, 3.63) is 18.0 Å². The van der Waals surface area contributed by atoms with Gasteiger partial charge in [-0.25, -0.2) is 0 Å². The second kappa shape index (κ2) is 5.63. The monoisotopic (exact) mass is 263 g/mol. The maximum atomic E-state index is 6.28. The van der Waals surface area contributed by atoms with E-state index < -0.39 is 0 Å². The predicted octanol–water partition coefficient (Wildman–Crippen LogP) is 2.04. The normalized spacial score (nSPS) is 25.4. The lowest BCUT2D eigenvalue weighted by atomic mass is 9.98. The van der Waals surface area contributed by atoms with Crippen molar-refractivity contribution in [3.63, 3.8) is 0 Å². The highest BCUT2D eigenvalue weighted by Gasteiger charge is 2.41. The van der Waals surface area contributed by atoms with Crippen LogP contribution in [0.2, 0.25) is 0 Å². The van der Waals surface area contributed by atoms with Crippen LogP contribution in [-0.2, 0) is 18.2 Å². The highest BCUT2D eigenvalue weighted by atomic mass is 16.5. The average molecular weight is 263 g/mol. The molecule has 19 heavy (non-hydrogen) atoms. The van der Waals surface area contributed by atoms with Crippen LogP contribution in [-0.4, -0.2) is 34.6 Å². The molecular formula is C15H25N3O. The van der Waals surface area contributed by atoms with Gasteiger partial charge in [-0.05, 0) is 31.7 Å². The summed E-state index contributed by atoms with van der Waals surface area (Å²) in [4.78, 5) is 0. The van der Waals surface area contributed by atoms with Gasteiger partial charge in [-0.2, -0.15) is 5.10 Å². The van der Waals surface area contributed by atoms with Crippen LogP contribution in [0.15, 0.2) is 12.3 Å². The number of nitrogens with zero attached hydrogens (tertiary/aromatic N) is 2. The number of rotatable bonds is 5. The molecule has 1 unspecified atom stereocenters. The standard InChI is InChI=1S/C15H25N3O/c1-18-11-6-13(17-18)5-10-16-12-14-4-9-15(19-14)7-2-3-8-15/h6,11,14,16H,2-5,7-10,12H2,1H3. The van der Waals surface area contributed by atoms with Crippen molar-refractivity contribution in [1.29, 1.82) is 0 Å². The van der Waals surface area contributed by atoms with Gasteiger partial charge in [-0.15, -0.1) is 0 Å². The second-order valence-electron chi connectivity index (χ2n) is 6.10. The van der Waals surface area contributed by atoms with E-state index in [1.807, 2.05) is 17.9 Å². The summed E-state index contributed by atoms with van der Waals surface area (Å²) in [5, 5.41) is 7.90. The molecule has 1 N–H and O–H groups in total. The number of nitrogens with one attached hydrogen (secondary N) is 1. The molecule has 1 aliphatic heterocycles. The molecule has 0 radical (unpaired) electrons. The van der Waals surface area contributed by atoms with Crippen molar-refractivity contribution in [3.8, 4) is 0 Å². The molecule has 2 aliphatic rings. The second-order valence-corrected chi connectivity index (χ2v) is 6.10. The largest absolute Gasteiger partial charge is 0.370 e. The van der Waals surface area contributed by atoms with E-state index in [4.69, 9.17) is 4.74 Å². The summed E-state index contributed by atoms with van der Waals surface area (Å²) < 4.78 is 8.14. The Hall–Kier alpha value is -0.870. The van der Waals surface area contributed by atoms with Gasteiger partial charge in [0.1, 0.15) is 0 Å². The van der Waals surface area contributed by atoms with Crippen LogP contribution >= 0.6 is 0 Å². The molecule has 2 fully saturated rings. The quantitative estimate of drug-likeness (QED) is 0.826. The highest BCUT2D eigenvalue weighted by Crippen LogP contribution is 2.43. The molecule has 1 aromatic rings. The van der Waals surface area contributed by atoms with E-state index in [9.17, 15) is 0 Å². The highest BCUT2D eigenvalue weighted by molar-refractivity contribution is 4.99. The maximum Gasteiger partial charge on any atom is 0.0708 e. The van der Waals surface area contributed by atoms with Gasteiger partial charge in [0.05, 0.1) is 17.4 Å². The van der Waals surface area contributed by atoms with Gasteiger partial charge >= 0.3 is 0 Å². The van der Waals surface area contributed by atoms with Gasteiger partial charge in [-0.3, -0.25) is 4.68 Å². The van der Waals surface area contributed by atoms with E-state index in [1.165, 1.54) is 38.5 Å². The molecule has 0 aromatic carbocycles. The first-order valence-electron chi connectivity index (χ1n) is 7.63. The molecule has 106 valence electrons. The summed E-state index contributed by atoms with van der Waals surface area (Å²) in [7, 11) is 1.96. The molecule has 4 nitrogen and oxygen atoms in total. The zero-order chi connectivity index (χ0) is 13.1. The van der Waals surface area contributed by atoms with E-state index >= 15 is 0 Å². The van der Waals surface area contributed by atoms with Gasteiger partial charge in [-0.1, -0.05) is 12.8 Å². The van der Waals surface area contributed by atoms with E-state index in [2.05, 4.69) is 16.5 Å². The van der Waals surface area contributed by atoms with E-state index in [-0.39, 0.29) is 5.60 Å². The summed E-state index contributed by atoms with van der Waals surface area (Å²) in [6.07, 6.45) is 11.2. The van der Waals surface area contributed by atoms with Crippen LogP contribution in [0.3, 0.4) is 0 Å². The first-order valence-corrected chi connectivity index (χ1v) is 7.63. The SMILES string of the molecule is Cn1ccc(CCNCC2CCC3(CCCC3)O2)n1. The first-order chi connectivity index (χ1) is 9.26. The third kappa shape index (κ3) is 3.18. The molecule has 1 saturated carbocycles. The molecule has 0 bridgehead atoms. The lowest BCUT2D eigenvalue weighted by Crippen LogP contribution is -2.32. The maximum absolute atomic E-state index is 6.28. The van der Waals surface area contributed by atoms with Crippen LogP contribution in [0.5, 0.6) is 0 Å². The third-order valence-electron chi connectivity index (χ3n) is 4.55. The Bertz CT molecular complexity index is 409. The van der Waals surface area contributed by atoms with Crippen molar-refractivity contribution in [1.82, 2.24) is 15.1 Å². The summed E-state index contributed by atoms with van der Waals surface area (Å²) in [5.41, 5.74) is 1.43. The smallest absolute Gasteiger partial charge is 0.0708 e. The minimum absolute atomic E-state index is 0.271. The number of hydrogen-bond donors (Lipinski definition) is 1. The first kappa shape index (κ1) is 13.1. The van der Waals surface area contributed by atoms with Crippen LogP contribution in [0.1, 0.15) is 44.2 Å². The molecule has 1 aliphatic carbocycles. The Labute approximate surface area is 115 Å². The molecule has 1 aromatic heterocycles. The minimum atomic E-state index is 0.271. The van der Waals surface area contributed by atoms with Gasteiger partial charge < -0.3 is 10.1 Å². The van der Waals surface area contributed by atoms with Crippen LogP contribution < -0.4 is 5.32 Å². The fourth-order valence-electron chi connectivity index (χ4n) is 3.50. The van der Waals surface area contributed by atoms with Crippen LogP contribution in [0, 0.1) is 0 Å². The van der Waals surface area contributed by atoms with Crippen molar-refractivity contribution < 1.29 is 4.74 Å². The lowest BCUT2D eigenvalue weighted by molar-refractivity contribution is -0.0350. The summed E-state index contributed by atoms with van der Waals surface area (Å²) in [6, 6.07) is 2.08. The van der Waals surface area contributed by atoms with Gasteiger partial charge in [0, 0.05) is 32.8 Å². The van der Waals surface area contributed by atoms with Gasteiger partial charge in [0.25, 0.3) is 0 Å². The fraction of sp³-hybridized carbons (Fsp3) is 0.800. The molecule has 1 saturated heterocycles. The predicted molar refractivity (Wildman–Crippen MR) is 75.1 cm³/mol. The van der Waals surface area contributed by atoms with Gasteiger partial charge in [0.15, 0.2) is 0 Å². The number of hydrogen-bond acceptors (Lipinski definition) is 3. The van der Waals surface area contributed by atoms with Crippen LogP contribution in [0.4, 0.5) is 0 Å². The Morgan fingerprint density at radius 2 is 2.26 bits per heavy atom. The summed E-state index contributed by atoms with van der Waals surface area (Å²) >= 11 is 0. The Balaban J connectivity index is 1.35. The van der Waals surface area contributed by atoms with Crippen molar-refractivity contribution >= 4 is 0 Å². The van der Waals surface area contributed by atoms with E-state index in [0.717, 1.165) is 25.2 Å². The Morgan fingerprint density at radius 1 is 1.42 bits per heavy atom. The fourth-order valence-corrected chi connectivity index (χ4v) is 3.50. The molecule has 0 amide bonds. The van der Waals surface area contributed by atoms with Gasteiger partial charge in [0.2, 0.25) is 0 Å². The number of ether oxygens (including phenoxy) is 1. The molecule has 2 heterocycles. The summed E-state index contributed by atoms with van der Waals surface area (Å²) in [5.74, 6) is 0. The number of aromatic nitrogens is 2. The molecular weight excluding hydrogens is 238 g/mol. The molecule has 1 spiro atoms. The zero-order valence-electron chi connectivity index (χ0n) is 11.9. The van der Waals surface area contributed by atoms with E-state index in [0.29, 0.717) is 6.10 Å². The Morgan fingerprint density at radius 3 is 3.00 bits per heavy atom. The minimum Gasteiger partial charge on any atom is -0.370 e. The molecule has 3 rings (SSSR count). The average Bonchev–Trinajstić information content (AvgIpc) is 3.10. The zero-order valence-corrected chi connectivity index (χ0v) is 11.9. The van der Waals surface area contributed by atoms with Crippen molar-refractivity contribution in [2.24, 2.45) is 7.05 Å². The van der Waals surface area contributed by atoms with Crippen molar-refractivity contribution in [2.45, 2.75) is 56.7 Å². The summed E-state index contributed by atoms with van der Waals surface area (Å²) in [6.45, 7) is 1.98.